The highest BCUT2D eigenvalue weighted by atomic mass is 16.4. The molecule has 0 bridgehead atoms. The first-order valence-corrected chi connectivity index (χ1v) is 7.19. The third-order valence-corrected chi connectivity index (χ3v) is 4.76. The van der Waals surface area contributed by atoms with Gasteiger partial charge < -0.3 is 9.67 Å². The number of carbonyl (C=O) groups is 1. The summed E-state index contributed by atoms with van der Waals surface area (Å²) in [5, 5.41) is 9.39. The first kappa shape index (κ1) is 12.7. The third kappa shape index (κ3) is 2.08. The summed E-state index contributed by atoms with van der Waals surface area (Å²) >= 11 is 0. The van der Waals surface area contributed by atoms with E-state index < -0.39 is 5.97 Å². The predicted octanol–water partition coefficient (Wildman–Crippen LogP) is 2.12. The summed E-state index contributed by atoms with van der Waals surface area (Å²) in [5.74, 6) is -0.875. The summed E-state index contributed by atoms with van der Waals surface area (Å²) in [6.07, 6.45) is 6.09. The Bertz CT molecular complexity index is 500. The van der Waals surface area contributed by atoms with Gasteiger partial charge in [0.1, 0.15) is 0 Å². The molecular weight excluding hydrogens is 240 g/mol. The highest BCUT2D eigenvalue weighted by Crippen LogP contribution is 2.41. The van der Waals surface area contributed by atoms with Crippen LogP contribution in [0.15, 0.2) is 6.20 Å². The number of likely N-dealkylation sites (tertiary alicyclic amines) is 1. The lowest BCUT2D eigenvalue weighted by molar-refractivity contribution is -0.142. The Morgan fingerprint density at radius 1 is 1.37 bits per heavy atom. The minimum Gasteiger partial charge on any atom is -0.481 e. The van der Waals surface area contributed by atoms with Crippen LogP contribution in [0, 0.1) is 12.8 Å². The maximum atomic E-state index is 11.4. The number of aryl methyl sites for hydroxylation is 2. The maximum absolute atomic E-state index is 11.4. The molecule has 1 fully saturated rings. The van der Waals surface area contributed by atoms with Crippen LogP contribution in [0.2, 0.25) is 0 Å². The smallest absolute Gasteiger partial charge is 0.306 e. The zero-order valence-corrected chi connectivity index (χ0v) is 11.7. The molecule has 1 aliphatic heterocycles. The molecular formula is C15H22N2O2. The molecule has 2 atom stereocenters. The molecule has 2 unspecified atom stereocenters. The zero-order chi connectivity index (χ0) is 13.6. The van der Waals surface area contributed by atoms with Gasteiger partial charge in [0.2, 0.25) is 0 Å². The van der Waals surface area contributed by atoms with Crippen LogP contribution in [0.5, 0.6) is 0 Å². The topological polar surface area (TPSA) is 45.5 Å². The van der Waals surface area contributed by atoms with E-state index in [2.05, 4.69) is 22.6 Å². The molecule has 3 rings (SSSR count). The van der Waals surface area contributed by atoms with Gasteiger partial charge in [-0.25, -0.2) is 0 Å². The van der Waals surface area contributed by atoms with E-state index in [0.29, 0.717) is 12.5 Å². The van der Waals surface area contributed by atoms with Crippen molar-refractivity contribution in [3.8, 4) is 0 Å². The van der Waals surface area contributed by atoms with Gasteiger partial charge in [-0.2, -0.15) is 0 Å². The lowest BCUT2D eigenvalue weighted by Crippen LogP contribution is -2.35. The van der Waals surface area contributed by atoms with Crippen LogP contribution in [0.1, 0.15) is 42.1 Å². The minimum atomic E-state index is -0.645. The quantitative estimate of drug-likeness (QED) is 0.888. The minimum absolute atomic E-state index is 0.230. The Labute approximate surface area is 114 Å². The molecule has 4 heteroatoms. The van der Waals surface area contributed by atoms with Crippen LogP contribution in [-0.4, -0.2) is 33.6 Å². The highest BCUT2D eigenvalue weighted by Gasteiger charge is 2.37. The molecule has 2 heterocycles. The van der Waals surface area contributed by atoms with Gasteiger partial charge in [0, 0.05) is 31.4 Å². The molecule has 0 aromatic carbocycles. The number of rotatable bonds is 2. The molecule has 1 aliphatic carbocycles. The van der Waals surface area contributed by atoms with Crippen LogP contribution in [0.4, 0.5) is 0 Å². The average Bonchev–Trinajstić information content (AvgIpc) is 2.98. The molecule has 0 amide bonds. The van der Waals surface area contributed by atoms with Crippen LogP contribution >= 0.6 is 0 Å². The standard InChI is InChI=1S/C15H22N2O2/c1-10-9-16(2)12-7-11(15(18)19)8-13(14(10)12)17-5-3-4-6-17/h9,11,13H,3-8H2,1-2H3,(H,18,19). The van der Waals surface area contributed by atoms with Crippen molar-refractivity contribution in [1.82, 2.24) is 9.47 Å². The van der Waals surface area contributed by atoms with Crippen molar-refractivity contribution in [3.05, 3.63) is 23.0 Å². The SMILES string of the molecule is Cc1cn(C)c2c1C(N1CCCC1)CC(C(=O)O)C2. The number of hydrogen-bond donors (Lipinski definition) is 1. The molecule has 4 nitrogen and oxygen atoms in total. The molecule has 0 radical (unpaired) electrons. The number of aromatic nitrogens is 1. The lowest BCUT2D eigenvalue weighted by Gasteiger charge is -2.35. The normalized spacial score (nSPS) is 27.5. The molecule has 0 spiro atoms. The Kier molecular flexibility index (Phi) is 3.13. The largest absolute Gasteiger partial charge is 0.481 e. The lowest BCUT2D eigenvalue weighted by atomic mass is 9.82. The molecule has 1 aromatic rings. The number of carboxylic acids is 1. The summed E-state index contributed by atoms with van der Waals surface area (Å²) in [5.41, 5.74) is 3.95. The van der Waals surface area contributed by atoms with Crippen molar-refractivity contribution >= 4 is 5.97 Å². The third-order valence-electron chi connectivity index (χ3n) is 4.76. The second kappa shape index (κ2) is 4.67. The number of nitrogens with zero attached hydrogens (tertiary/aromatic N) is 2. The van der Waals surface area contributed by atoms with E-state index in [9.17, 15) is 9.90 Å². The monoisotopic (exact) mass is 262 g/mol. The van der Waals surface area contributed by atoms with Gasteiger partial charge in [-0.05, 0) is 50.4 Å². The Morgan fingerprint density at radius 2 is 2.05 bits per heavy atom. The number of fused-ring (bicyclic) bond motifs is 1. The van der Waals surface area contributed by atoms with E-state index in [1.165, 1.54) is 29.7 Å². The Hall–Kier alpha value is -1.29. The van der Waals surface area contributed by atoms with E-state index in [1.54, 1.807) is 0 Å². The molecule has 2 aliphatic rings. The Morgan fingerprint density at radius 3 is 2.68 bits per heavy atom. The van der Waals surface area contributed by atoms with Crippen molar-refractivity contribution in [2.75, 3.05) is 13.1 Å². The molecule has 1 saturated heterocycles. The number of aliphatic carboxylic acids is 1. The van der Waals surface area contributed by atoms with Gasteiger partial charge in [0.05, 0.1) is 5.92 Å². The fourth-order valence-electron chi connectivity index (χ4n) is 3.84. The van der Waals surface area contributed by atoms with E-state index >= 15 is 0 Å². The van der Waals surface area contributed by atoms with Gasteiger partial charge in [0.25, 0.3) is 0 Å². The second-order valence-corrected chi connectivity index (χ2v) is 6.02. The summed E-state index contributed by atoms with van der Waals surface area (Å²) in [6, 6.07) is 0.313. The van der Waals surface area contributed by atoms with E-state index in [1.807, 2.05) is 7.05 Å². The molecule has 19 heavy (non-hydrogen) atoms. The van der Waals surface area contributed by atoms with Crippen molar-refractivity contribution in [2.45, 2.75) is 38.6 Å². The van der Waals surface area contributed by atoms with Crippen molar-refractivity contribution in [1.29, 1.82) is 0 Å². The van der Waals surface area contributed by atoms with Gasteiger partial charge in [-0.1, -0.05) is 0 Å². The van der Waals surface area contributed by atoms with Crippen LogP contribution in [-0.2, 0) is 18.3 Å². The van der Waals surface area contributed by atoms with Gasteiger partial charge in [-0.15, -0.1) is 0 Å². The summed E-state index contributed by atoms with van der Waals surface area (Å²) in [6.45, 7) is 4.39. The van der Waals surface area contributed by atoms with E-state index in [-0.39, 0.29) is 5.92 Å². The summed E-state index contributed by atoms with van der Waals surface area (Å²) in [7, 11) is 2.04. The number of hydrogen-bond acceptors (Lipinski definition) is 2. The molecule has 104 valence electrons. The van der Waals surface area contributed by atoms with Crippen LogP contribution in [0.25, 0.3) is 0 Å². The van der Waals surface area contributed by atoms with Crippen molar-refractivity contribution in [2.24, 2.45) is 13.0 Å². The highest BCUT2D eigenvalue weighted by molar-refractivity contribution is 5.71. The predicted molar refractivity (Wildman–Crippen MR) is 73.1 cm³/mol. The fourth-order valence-corrected chi connectivity index (χ4v) is 3.84. The van der Waals surface area contributed by atoms with Gasteiger partial charge in [0.15, 0.2) is 0 Å². The zero-order valence-electron chi connectivity index (χ0n) is 11.7. The van der Waals surface area contributed by atoms with Crippen LogP contribution < -0.4 is 0 Å². The average molecular weight is 262 g/mol. The van der Waals surface area contributed by atoms with Crippen molar-refractivity contribution in [3.63, 3.8) is 0 Å². The summed E-state index contributed by atoms with van der Waals surface area (Å²) in [4.78, 5) is 13.9. The van der Waals surface area contributed by atoms with E-state index in [4.69, 9.17) is 0 Å². The fraction of sp³-hybridized carbons (Fsp3) is 0.667. The van der Waals surface area contributed by atoms with Gasteiger partial charge >= 0.3 is 5.97 Å². The maximum Gasteiger partial charge on any atom is 0.306 e. The van der Waals surface area contributed by atoms with Gasteiger partial charge in [-0.3, -0.25) is 9.69 Å². The summed E-state index contributed by atoms with van der Waals surface area (Å²) < 4.78 is 2.13. The molecule has 1 N–H and O–H groups in total. The number of carboxylic acid groups (broad SMARTS) is 1. The van der Waals surface area contributed by atoms with Crippen molar-refractivity contribution < 1.29 is 9.90 Å². The Balaban J connectivity index is 2.00. The molecule has 0 saturated carbocycles. The molecule has 1 aromatic heterocycles. The second-order valence-electron chi connectivity index (χ2n) is 6.02. The van der Waals surface area contributed by atoms with Crippen LogP contribution in [0.3, 0.4) is 0 Å². The van der Waals surface area contributed by atoms with E-state index in [0.717, 1.165) is 19.5 Å². The first-order valence-electron chi connectivity index (χ1n) is 7.19. The first-order chi connectivity index (χ1) is 9.08.